The van der Waals surface area contributed by atoms with E-state index in [9.17, 15) is 4.79 Å². The Balaban J connectivity index is 2.09. The van der Waals surface area contributed by atoms with Gasteiger partial charge in [-0.15, -0.1) is 0 Å². The average molecular weight is 378 g/mol. The zero-order chi connectivity index (χ0) is 19.9. The molecule has 144 valence electrons. The van der Waals surface area contributed by atoms with E-state index in [0.717, 1.165) is 5.56 Å². The van der Waals surface area contributed by atoms with Crippen LogP contribution in [0.15, 0.2) is 67.0 Å². The maximum atomic E-state index is 13.6. The lowest BCUT2D eigenvalue weighted by molar-refractivity contribution is 0.0979. The molecular formula is C22H22N2O4. The van der Waals surface area contributed by atoms with Crippen molar-refractivity contribution in [2.24, 2.45) is 0 Å². The summed E-state index contributed by atoms with van der Waals surface area (Å²) in [5.74, 6) is 1.31. The number of aromatic nitrogens is 1. The Hall–Kier alpha value is -3.54. The van der Waals surface area contributed by atoms with E-state index < -0.39 is 0 Å². The highest BCUT2D eigenvalue weighted by Crippen LogP contribution is 2.32. The number of nitrogens with zero attached hydrogens (tertiary/aromatic N) is 2. The molecule has 0 fully saturated rings. The van der Waals surface area contributed by atoms with E-state index in [1.165, 1.54) is 14.2 Å². The Labute approximate surface area is 164 Å². The second kappa shape index (κ2) is 8.90. The number of carbonyl (C=O) groups is 1. The van der Waals surface area contributed by atoms with Gasteiger partial charge in [-0.1, -0.05) is 18.2 Å². The van der Waals surface area contributed by atoms with Crippen LogP contribution in [-0.4, -0.2) is 32.2 Å². The van der Waals surface area contributed by atoms with Crippen molar-refractivity contribution in [2.75, 3.05) is 26.2 Å². The molecule has 0 bridgehead atoms. The Morgan fingerprint density at radius 2 is 1.64 bits per heavy atom. The lowest BCUT2D eigenvalue weighted by atomic mass is 10.1. The van der Waals surface area contributed by atoms with Gasteiger partial charge in [0.05, 0.1) is 27.9 Å². The van der Waals surface area contributed by atoms with Crippen molar-refractivity contribution in [1.29, 1.82) is 0 Å². The zero-order valence-electron chi connectivity index (χ0n) is 16.1. The molecule has 0 aliphatic carbocycles. The number of anilines is 1. The first-order valence-corrected chi connectivity index (χ1v) is 8.73. The summed E-state index contributed by atoms with van der Waals surface area (Å²) in [6.07, 6.45) is 3.43. The van der Waals surface area contributed by atoms with Gasteiger partial charge in [0.25, 0.3) is 5.91 Å². The van der Waals surface area contributed by atoms with Crippen LogP contribution in [0, 0.1) is 0 Å². The number of amides is 1. The second-order valence-corrected chi connectivity index (χ2v) is 5.99. The Morgan fingerprint density at radius 3 is 2.25 bits per heavy atom. The molecule has 28 heavy (non-hydrogen) atoms. The molecule has 6 nitrogen and oxygen atoms in total. The van der Waals surface area contributed by atoms with Gasteiger partial charge < -0.3 is 19.1 Å². The number of rotatable bonds is 7. The molecule has 2 aromatic carbocycles. The van der Waals surface area contributed by atoms with E-state index in [1.807, 2.05) is 36.4 Å². The van der Waals surface area contributed by atoms with Crippen LogP contribution >= 0.6 is 0 Å². The second-order valence-electron chi connectivity index (χ2n) is 5.99. The van der Waals surface area contributed by atoms with Crippen LogP contribution in [0.4, 0.5) is 5.69 Å². The predicted octanol–water partition coefficient (Wildman–Crippen LogP) is 3.95. The summed E-state index contributed by atoms with van der Waals surface area (Å²) in [4.78, 5) is 19.4. The molecule has 3 aromatic rings. The van der Waals surface area contributed by atoms with E-state index in [-0.39, 0.29) is 5.91 Å². The quantitative estimate of drug-likeness (QED) is 0.623. The highest BCUT2D eigenvalue weighted by Gasteiger charge is 2.25. The molecule has 0 spiro atoms. The summed E-state index contributed by atoms with van der Waals surface area (Å²) in [7, 11) is 4.65. The molecule has 0 radical (unpaired) electrons. The van der Waals surface area contributed by atoms with Crippen LogP contribution in [0.2, 0.25) is 0 Å². The van der Waals surface area contributed by atoms with Gasteiger partial charge in [-0.05, 0) is 35.9 Å². The third-order valence-corrected chi connectivity index (χ3v) is 4.32. The van der Waals surface area contributed by atoms with Gasteiger partial charge in [-0.2, -0.15) is 0 Å². The lowest BCUT2D eigenvalue weighted by Gasteiger charge is -2.25. The molecule has 0 aliphatic heterocycles. The minimum atomic E-state index is -0.244. The number of methoxy groups -OCH3 is 3. The van der Waals surface area contributed by atoms with Gasteiger partial charge in [0.1, 0.15) is 22.8 Å². The largest absolute Gasteiger partial charge is 0.497 e. The molecule has 0 aliphatic rings. The summed E-state index contributed by atoms with van der Waals surface area (Å²) in [6.45, 7) is 0.334. The number of hydrogen-bond donors (Lipinski definition) is 0. The molecule has 3 rings (SSSR count). The van der Waals surface area contributed by atoms with Crippen LogP contribution in [0.25, 0.3) is 0 Å². The van der Waals surface area contributed by atoms with Gasteiger partial charge in [-0.3, -0.25) is 9.78 Å². The van der Waals surface area contributed by atoms with Crippen molar-refractivity contribution in [3.05, 3.63) is 78.1 Å². The zero-order valence-corrected chi connectivity index (χ0v) is 16.1. The SMILES string of the molecule is COc1cccc(N(Cc2cccnc2)C(=O)c2c(OC)cccc2OC)c1. The maximum absolute atomic E-state index is 13.6. The van der Waals surface area contributed by atoms with Gasteiger partial charge >= 0.3 is 0 Å². The first kappa shape index (κ1) is 19.2. The molecule has 0 saturated heterocycles. The molecule has 1 heterocycles. The average Bonchev–Trinajstić information content (AvgIpc) is 2.77. The van der Waals surface area contributed by atoms with Gasteiger partial charge in [0.2, 0.25) is 0 Å². The molecule has 0 atom stereocenters. The summed E-state index contributed by atoms with van der Waals surface area (Å²) < 4.78 is 16.2. The van der Waals surface area contributed by atoms with E-state index in [4.69, 9.17) is 14.2 Å². The third-order valence-electron chi connectivity index (χ3n) is 4.32. The molecule has 0 saturated carbocycles. The van der Waals surface area contributed by atoms with Crippen LogP contribution in [0.1, 0.15) is 15.9 Å². The number of pyridine rings is 1. The van der Waals surface area contributed by atoms with E-state index in [2.05, 4.69) is 4.98 Å². The summed E-state index contributed by atoms with van der Waals surface area (Å²) >= 11 is 0. The summed E-state index contributed by atoms with van der Waals surface area (Å²) in [5, 5.41) is 0. The van der Waals surface area contributed by atoms with E-state index in [0.29, 0.717) is 35.0 Å². The van der Waals surface area contributed by atoms with Crippen molar-refractivity contribution in [3.8, 4) is 17.2 Å². The molecule has 1 amide bonds. The lowest BCUT2D eigenvalue weighted by Crippen LogP contribution is -2.31. The van der Waals surface area contributed by atoms with Crippen molar-refractivity contribution in [3.63, 3.8) is 0 Å². The summed E-state index contributed by atoms with van der Waals surface area (Å²) in [5.41, 5.74) is 1.95. The van der Waals surface area contributed by atoms with Crippen molar-refractivity contribution in [2.45, 2.75) is 6.54 Å². The smallest absolute Gasteiger partial charge is 0.266 e. The fourth-order valence-electron chi connectivity index (χ4n) is 2.93. The Bertz CT molecular complexity index is 922. The first-order chi connectivity index (χ1) is 13.7. The monoisotopic (exact) mass is 378 g/mol. The Morgan fingerprint density at radius 1 is 0.929 bits per heavy atom. The number of carbonyl (C=O) groups excluding carboxylic acids is 1. The Kier molecular flexibility index (Phi) is 6.11. The fourth-order valence-corrected chi connectivity index (χ4v) is 2.93. The molecular weight excluding hydrogens is 356 g/mol. The minimum Gasteiger partial charge on any atom is -0.497 e. The standard InChI is InChI=1S/C22H22N2O4/c1-26-18-9-4-8-17(13-18)24(15-16-7-6-12-23-14-16)22(25)21-19(27-2)10-5-11-20(21)28-3/h4-14H,15H2,1-3H3. The van der Waals surface area contributed by atoms with E-state index in [1.54, 1.807) is 42.6 Å². The van der Waals surface area contributed by atoms with Crippen LogP contribution in [0.5, 0.6) is 17.2 Å². The van der Waals surface area contributed by atoms with Crippen LogP contribution in [0.3, 0.4) is 0 Å². The fraction of sp³-hybridized carbons (Fsp3) is 0.182. The summed E-state index contributed by atoms with van der Waals surface area (Å²) in [6, 6.07) is 16.4. The highest BCUT2D eigenvalue weighted by atomic mass is 16.5. The first-order valence-electron chi connectivity index (χ1n) is 8.73. The van der Waals surface area contributed by atoms with Crippen LogP contribution < -0.4 is 19.1 Å². The van der Waals surface area contributed by atoms with Crippen molar-refractivity contribution in [1.82, 2.24) is 4.98 Å². The third kappa shape index (κ3) is 4.06. The number of benzene rings is 2. The van der Waals surface area contributed by atoms with Gasteiger partial charge in [0.15, 0.2) is 0 Å². The van der Waals surface area contributed by atoms with E-state index >= 15 is 0 Å². The van der Waals surface area contributed by atoms with Gasteiger partial charge in [0, 0.05) is 24.1 Å². The highest BCUT2D eigenvalue weighted by molar-refractivity contribution is 6.09. The normalized spacial score (nSPS) is 10.2. The molecule has 0 unspecified atom stereocenters. The molecule has 6 heteroatoms. The van der Waals surface area contributed by atoms with Crippen molar-refractivity contribution < 1.29 is 19.0 Å². The minimum absolute atomic E-state index is 0.244. The number of hydrogen-bond acceptors (Lipinski definition) is 5. The van der Waals surface area contributed by atoms with Crippen LogP contribution in [-0.2, 0) is 6.54 Å². The maximum Gasteiger partial charge on any atom is 0.266 e. The number of ether oxygens (including phenoxy) is 3. The van der Waals surface area contributed by atoms with Crippen molar-refractivity contribution >= 4 is 11.6 Å². The molecule has 0 N–H and O–H groups in total. The predicted molar refractivity (Wildman–Crippen MR) is 107 cm³/mol. The molecule has 1 aromatic heterocycles. The topological polar surface area (TPSA) is 60.9 Å². The van der Waals surface area contributed by atoms with Gasteiger partial charge in [-0.25, -0.2) is 0 Å².